The van der Waals surface area contributed by atoms with Crippen LogP contribution < -0.4 is 0 Å². The molecular formula is C17H17F3N4O. The van der Waals surface area contributed by atoms with Gasteiger partial charge in [-0.2, -0.15) is 18.3 Å². The summed E-state index contributed by atoms with van der Waals surface area (Å²) < 4.78 is 40.5. The first-order chi connectivity index (χ1) is 11.8. The van der Waals surface area contributed by atoms with E-state index >= 15 is 0 Å². The topological polar surface area (TPSA) is 60.7 Å². The summed E-state index contributed by atoms with van der Waals surface area (Å²) in [6, 6.07) is 1.06. The first-order valence-corrected chi connectivity index (χ1v) is 8.26. The number of rotatable bonds is 3. The fraction of sp³-hybridized carbons (Fsp3) is 0.529. The lowest BCUT2D eigenvalue weighted by atomic mass is 10.1. The smallest absolute Gasteiger partial charge is 0.300 e. The molecule has 0 amide bonds. The average molecular weight is 350 g/mol. The first-order valence-electron chi connectivity index (χ1n) is 8.26. The van der Waals surface area contributed by atoms with Crippen molar-refractivity contribution < 1.29 is 18.0 Å². The van der Waals surface area contributed by atoms with Gasteiger partial charge in [0.05, 0.1) is 5.56 Å². The maximum atomic E-state index is 12.9. The highest BCUT2D eigenvalue weighted by molar-refractivity contribution is 5.83. The Balaban J connectivity index is 1.70. The zero-order valence-electron chi connectivity index (χ0n) is 13.8. The number of carbonyl (C=O) groups is 1. The van der Waals surface area contributed by atoms with Gasteiger partial charge in [-0.25, -0.2) is 9.67 Å². The van der Waals surface area contributed by atoms with Crippen molar-refractivity contribution in [3.63, 3.8) is 0 Å². The van der Waals surface area contributed by atoms with Crippen LogP contribution in [0.2, 0.25) is 0 Å². The molecule has 2 aliphatic rings. The number of fused-ring (bicyclic) bond motifs is 1. The van der Waals surface area contributed by atoms with Gasteiger partial charge in [0, 0.05) is 42.8 Å². The van der Waals surface area contributed by atoms with Crippen LogP contribution in [0.1, 0.15) is 50.0 Å². The van der Waals surface area contributed by atoms with Gasteiger partial charge in [0.2, 0.25) is 0 Å². The predicted molar refractivity (Wildman–Crippen MR) is 82.6 cm³/mol. The number of nitrogens with zero attached hydrogens (tertiary/aromatic N) is 4. The van der Waals surface area contributed by atoms with Crippen LogP contribution in [0, 0.1) is 11.8 Å². The second-order valence-corrected chi connectivity index (χ2v) is 7.09. The number of Topliss-reactive ketones (excluding diaryl/α,β-unsaturated/α-hetero) is 1. The largest absolute Gasteiger partial charge is 0.417 e. The van der Waals surface area contributed by atoms with Gasteiger partial charge in [-0.1, -0.05) is 0 Å². The van der Waals surface area contributed by atoms with Crippen LogP contribution in [-0.4, -0.2) is 25.5 Å². The lowest BCUT2D eigenvalue weighted by Gasteiger charge is -2.09. The van der Waals surface area contributed by atoms with Crippen LogP contribution in [0.15, 0.2) is 18.5 Å². The summed E-state index contributed by atoms with van der Waals surface area (Å²) in [7, 11) is 0. The molecule has 0 aromatic carbocycles. The number of aromatic nitrogens is 4. The van der Waals surface area contributed by atoms with Crippen LogP contribution in [0.5, 0.6) is 0 Å². The van der Waals surface area contributed by atoms with E-state index in [4.69, 9.17) is 0 Å². The van der Waals surface area contributed by atoms with Crippen LogP contribution in [0.4, 0.5) is 13.2 Å². The average Bonchev–Trinajstić information content (AvgIpc) is 2.90. The van der Waals surface area contributed by atoms with E-state index in [-0.39, 0.29) is 29.1 Å². The van der Waals surface area contributed by atoms with Crippen molar-refractivity contribution in [3.05, 3.63) is 29.8 Å². The summed E-state index contributed by atoms with van der Waals surface area (Å²) >= 11 is 0. The maximum Gasteiger partial charge on any atom is 0.417 e. The molecule has 2 fully saturated rings. The van der Waals surface area contributed by atoms with E-state index in [0.29, 0.717) is 24.7 Å². The fourth-order valence-corrected chi connectivity index (χ4v) is 3.78. The number of halogens is 3. The number of hydrogen-bond donors (Lipinski definition) is 0. The minimum absolute atomic E-state index is 0.0343. The molecule has 5 nitrogen and oxygen atoms in total. The molecule has 2 saturated carbocycles. The summed E-state index contributed by atoms with van der Waals surface area (Å²) in [5.41, 5.74) is -0.571. The molecule has 8 heteroatoms. The third-order valence-corrected chi connectivity index (χ3v) is 5.03. The van der Waals surface area contributed by atoms with Gasteiger partial charge in [-0.15, -0.1) is 0 Å². The Kier molecular flexibility index (Phi) is 3.49. The molecular weight excluding hydrogens is 333 g/mol. The summed E-state index contributed by atoms with van der Waals surface area (Å²) in [6.07, 6.45) is -1.18. The minimum Gasteiger partial charge on any atom is -0.300 e. The summed E-state index contributed by atoms with van der Waals surface area (Å²) in [5, 5.41) is 4.42. The van der Waals surface area contributed by atoms with Gasteiger partial charge in [0.15, 0.2) is 5.82 Å². The van der Waals surface area contributed by atoms with Gasteiger partial charge in [-0.3, -0.25) is 9.78 Å². The molecule has 0 saturated heterocycles. The molecule has 2 heterocycles. The second kappa shape index (κ2) is 5.37. The highest BCUT2D eigenvalue weighted by Gasteiger charge is 2.58. The number of alkyl halides is 3. The van der Waals surface area contributed by atoms with Crippen molar-refractivity contribution in [2.24, 2.45) is 11.8 Å². The van der Waals surface area contributed by atoms with E-state index in [1.807, 2.05) is 13.8 Å². The zero-order valence-corrected chi connectivity index (χ0v) is 13.8. The predicted octanol–water partition coefficient (Wildman–Crippen LogP) is 3.63. The molecule has 0 bridgehead atoms. The molecule has 1 unspecified atom stereocenters. The number of carbonyl (C=O) groups excluding carboxylic acids is 1. The van der Waals surface area contributed by atoms with Crippen LogP contribution in [0.25, 0.3) is 11.4 Å². The summed E-state index contributed by atoms with van der Waals surface area (Å²) in [5.74, 6) is 2.09. The standard InChI is InChI=1S/C17H17F3N4O/c1-8(2)24-16(14-12-4-11(25)5-13(12)14)22-15(23-24)9-3-10(7-21-6-9)17(18,19)20/h3,6-8,12-14H,4-5H2,1-2H3/t12-,13+,14?. The third kappa shape index (κ3) is 2.73. The van der Waals surface area contributed by atoms with Gasteiger partial charge in [0.1, 0.15) is 11.6 Å². The Labute approximate surface area is 142 Å². The van der Waals surface area contributed by atoms with Gasteiger partial charge in [-0.05, 0) is 31.7 Å². The minimum atomic E-state index is -4.46. The van der Waals surface area contributed by atoms with Crippen molar-refractivity contribution in [1.82, 2.24) is 19.7 Å². The molecule has 25 heavy (non-hydrogen) atoms. The Bertz CT molecular complexity index is 829. The number of hydrogen-bond acceptors (Lipinski definition) is 4. The molecule has 2 aromatic heterocycles. The monoisotopic (exact) mass is 350 g/mol. The second-order valence-electron chi connectivity index (χ2n) is 7.09. The van der Waals surface area contributed by atoms with Crippen molar-refractivity contribution in [2.45, 2.75) is 44.8 Å². The molecule has 2 aromatic rings. The lowest BCUT2D eigenvalue weighted by molar-refractivity contribution is -0.137. The highest BCUT2D eigenvalue weighted by Crippen LogP contribution is 2.61. The normalized spacial score (nSPS) is 25.5. The van der Waals surface area contributed by atoms with Crippen LogP contribution >= 0.6 is 0 Å². The molecule has 132 valence electrons. The zero-order chi connectivity index (χ0) is 17.9. The van der Waals surface area contributed by atoms with Gasteiger partial charge < -0.3 is 0 Å². The van der Waals surface area contributed by atoms with E-state index in [9.17, 15) is 18.0 Å². The van der Waals surface area contributed by atoms with Crippen molar-refractivity contribution >= 4 is 5.78 Å². The Morgan fingerprint density at radius 1 is 1.20 bits per heavy atom. The van der Waals surface area contributed by atoms with E-state index < -0.39 is 11.7 Å². The highest BCUT2D eigenvalue weighted by atomic mass is 19.4. The van der Waals surface area contributed by atoms with Crippen LogP contribution in [-0.2, 0) is 11.0 Å². The Hall–Kier alpha value is -2.25. The molecule has 3 atom stereocenters. The molecule has 0 spiro atoms. The first kappa shape index (κ1) is 16.2. The fourth-order valence-electron chi connectivity index (χ4n) is 3.78. The SMILES string of the molecule is CC(C)n1nc(-c2cncc(C(F)(F)F)c2)nc1C1[C@H]2CC(=O)C[C@@H]12. The molecule has 0 radical (unpaired) electrons. The van der Waals surface area contributed by atoms with E-state index in [0.717, 1.165) is 18.1 Å². The van der Waals surface area contributed by atoms with Crippen molar-refractivity contribution in [1.29, 1.82) is 0 Å². The van der Waals surface area contributed by atoms with Gasteiger partial charge >= 0.3 is 6.18 Å². The Morgan fingerprint density at radius 2 is 1.88 bits per heavy atom. The van der Waals surface area contributed by atoms with E-state index in [2.05, 4.69) is 15.1 Å². The molecule has 2 aliphatic carbocycles. The molecule has 4 rings (SSSR count). The maximum absolute atomic E-state index is 12.9. The van der Waals surface area contributed by atoms with E-state index in [1.54, 1.807) is 4.68 Å². The molecule has 0 aliphatic heterocycles. The quantitative estimate of drug-likeness (QED) is 0.848. The summed E-state index contributed by atoms with van der Waals surface area (Å²) in [6.45, 7) is 3.91. The van der Waals surface area contributed by atoms with Crippen molar-refractivity contribution in [3.8, 4) is 11.4 Å². The van der Waals surface area contributed by atoms with Gasteiger partial charge in [0.25, 0.3) is 0 Å². The lowest BCUT2D eigenvalue weighted by Crippen LogP contribution is -2.10. The third-order valence-electron chi connectivity index (χ3n) is 5.03. The van der Waals surface area contributed by atoms with Crippen molar-refractivity contribution in [2.75, 3.05) is 0 Å². The number of pyridine rings is 1. The summed E-state index contributed by atoms with van der Waals surface area (Å²) in [4.78, 5) is 19.7. The van der Waals surface area contributed by atoms with E-state index in [1.165, 1.54) is 6.20 Å². The van der Waals surface area contributed by atoms with Crippen LogP contribution in [0.3, 0.4) is 0 Å². The molecule has 0 N–H and O–H groups in total. The Morgan fingerprint density at radius 3 is 2.48 bits per heavy atom. The number of ketones is 1.